The lowest BCUT2D eigenvalue weighted by Gasteiger charge is -2.12. The summed E-state index contributed by atoms with van der Waals surface area (Å²) in [6.07, 6.45) is 0. The van der Waals surface area contributed by atoms with Crippen molar-refractivity contribution in [2.24, 2.45) is 0 Å². The average molecular weight is 515 g/mol. The molecule has 0 unspecified atom stereocenters. The third kappa shape index (κ3) is 5.69. The minimum Gasteiger partial charge on any atom is -0.332 e. The van der Waals surface area contributed by atoms with Crippen molar-refractivity contribution in [3.05, 3.63) is 88.8 Å². The normalized spacial score (nSPS) is 11.1. The first-order chi connectivity index (χ1) is 15.8. The number of hydrogen-bond acceptors (Lipinski definition) is 5. The summed E-state index contributed by atoms with van der Waals surface area (Å²) in [4.78, 5) is 4.71. The molecule has 0 aliphatic heterocycles. The molecule has 6 nitrogen and oxygen atoms in total. The van der Waals surface area contributed by atoms with Crippen LogP contribution in [-0.2, 0) is 10.0 Å². The Morgan fingerprint density at radius 3 is 2.33 bits per heavy atom. The van der Waals surface area contributed by atoms with Crippen LogP contribution in [0.5, 0.6) is 0 Å². The molecule has 168 valence electrons. The number of aromatic nitrogens is 1. The second-order valence-electron chi connectivity index (χ2n) is 7.04. The quantitative estimate of drug-likeness (QED) is 0.259. The van der Waals surface area contributed by atoms with Crippen molar-refractivity contribution in [3.63, 3.8) is 0 Å². The standard InChI is InChI=1S/C23H19ClN4O2S3/c1-15-6-2-4-8-19(15)25-22(31)27-23-26-21(14-32-23)18-7-3-5-9-20(18)28-33(29,30)17-12-10-16(24)11-13-17/h2-14,28H,1H3,(H2,25,26,27,31). The molecule has 0 spiro atoms. The van der Waals surface area contributed by atoms with Gasteiger partial charge in [0.05, 0.1) is 16.3 Å². The fraction of sp³-hybridized carbons (Fsp3) is 0.0435. The van der Waals surface area contributed by atoms with E-state index in [1.165, 1.54) is 35.6 Å². The van der Waals surface area contributed by atoms with Gasteiger partial charge in [-0.05, 0) is 61.1 Å². The molecule has 4 aromatic rings. The molecular formula is C23H19ClN4O2S3. The highest BCUT2D eigenvalue weighted by Crippen LogP contribution is 2.32. The number of hydrogen-bond donors (Lipinski definition) is 3. The molecule has 0 aliphatic rings. The van der Waals surface area contributed by atoms with Crippen molar-refractivity contribution in [3.8, 4) is 11.3 Å². The third-order valence-corrected chi connectivity index (χ3v) is 7.28. The summed E-state index contributed by atoms with van der Waals surface area (Å²) >= 11 is 12.7. The first-order valence-corrected chi connectivity index (χ1v) is 12.9. The molecule has 0 saturated carbocycles. The van der Waals surface area contributed by atoms with E-state index < -0.39 is 10.0 Å². The Labute approximate surface area is 206 Å². The number of para-hydroxylation sites is 2. The van der Waals surface area contributed by atoms with E-state index in [-0.39, 0.29) is 4.90 Å². The minimum absolute atomic E-state index is 0.120. The molecule has 0 atom stereocenters. The Kier molecular flexibility index (Phi) is 6.94. The molecular weight excluding hydrogens is 496 g/mol. The summed E-state index contributed by atoms with van der Waals surface area (Å²) in [5.74, 6) is 0. The number of nitrogens with zero attached hydrogens (tertiary/aromatic N) is 1. The van der Waals surface area contributed by atoms with Gasteiger partial charge in [-0.15, -0.1) is 11.3 Å². The largest absolute Gasteiger partial charge is 0.332 e. The highest BCUT2D eigenvalue weighted by molar-refractivity contribution is 7.92. The van der Waals surface area contributed by atoms with E-state index in [1.807, 2.05) is 48.7 Å². The first-order valence-electron chi connectivity index (χ1n) is 9.79. The predicted molar refractivity (Wildman–Crippen MR) is 141 cm³/mol. The van der Waals surface area contributed by atoms with Gasteiger partial charge in [0.1, 0.15) is 0 Å². The van der Waals surface area contributed by atoms with Gasteiger partial charge >= 0.3 is 0 Å². The smallest absolute Gasteiger partial charge is 0.261 e. The molecule has 3 aromatic carbocycles. The molecule has 33 heavy (non-hydrogen) atoms. The summed E-state index contributed by atoms with van der Waals surface area (Å²) in [5, 5.41) is 9.56. The zero-order valence-corrected chi connectivity index (χ0v) is 20.6. The first kappa shape index (κ1) is 23.2. The second-order valence-corrected chi connectivity index (χ2v) is 10.4. The number of anilines is 3. The number of nitrogens with one attached hydrogen (secondary N) is 3. The van der Waals surface area contributed by atoms with Gasteiger partial charge in [-0.25, -0.2) is 13.4 Å². The zero-order chi connectivity index (χ0) is 23.4. The Hall–Kier alpha value is -2.98. The molecule has 1 aromatic heterocycles. The van der Waals surface area contributed by atoms with Crippen LogP contribution in [0.1, 0.15) is 5.56 Å². The monoisotopic (exact) mass is 514 g/mol. The van der Waals surface area contributed by atoms with E-state index in [4.69, 9.17) is 23.8 Å². The molecule has 0 aliphatic carbocycles. The molecule has 0 saturated heterocycles. The fourth-order valence-corrected chi connectivity index (χ4v) is 5.22. The SMILES string of the molecule is Cc1ccccc1NC(=S)Nc1nc(-c2ccccc2NS(=O)(=O)c2ccc(Cl)cc2)cs1. The topological polar surface area (TPSA) is 83.1 Å². The maximum absolute atomic E-state index is 12.8. The molecule has 3 N–H and O–H groups in total. The van der Waals surface area contributed by atoms with Crippen LogP contribution in [0.2, 0.25) is 5.02 Å². The van der Waals surface area contributed by atoms with Crippen LogP contribution in [0.15, 0.2) is 83.1 Å². The molecule has 4 rings (SSSR count). The average Bonchev–Trinajstić information content (AvgIpc) is 3.24. The number of rotatable bonds is 6. The van der Waals surface area contributed by atoms with Gasteiger partial charge in [-0.1, -0.05) is 48.0 Å². The van der Waals surface area contributed by atoms with Gasteiger partial charge in [0.15, 0.2) is 10.2 Å². The van der Waals surface area contributed by atoms with E-state index in [2.05, 4.69) is 20.3 Å². The molecule has 0 amide bonds. The third-order valence-electron chi connectivity index (χ3n) is 4.69. The summed E-state index contributed by atoms with van der Waals surface area (Å²) in [6.45, 7) is 1.99. The lowest BCUT2D eigenvalue weighted by atomic mass is 10.1. The van der Waals surface area contributed by atoms with Crippen molar-refractivity contribution in [2.45, 2.75) is 11.8 Å². The maximum atomic E-state index is 12.8. The van der Waals surface area contributed by atoms with Gasteiger partial charge in [-0.3, -0.25) is 4.72 Å². The van der Waals surface area contributed by atoms with Crippen LogP contribution in [0, 0.1) is 6.92 Å². The lowest BCUT2D eigenvalue weighted by Crippen LogP contribution is -2.19. The fourth-order valence-electron chi connectivity index (χ4n) is 3.03. The van der Waals surface area contributed by atoms with E-state index in [0.29, 0.717) is 32.2 Å². The molecule has 0 fully saturated rings. The number of thiocarbonyl (C=S) groups is 1. The van der Waals surface area contributed by atoms with Gasteiger partial charge in [0.2, 0.25) is 0 Å². The van der Waals surface area contributed by atoms with E-state index in [1.54, 1.807) is 12.1 Å². The van der Waals surface area contributed by atoms with Crippen molar-refractivity contribution >= 4 is 66.8 Å². The van der Waals surface area contributed by atoms with Gasteiger partial charge in [0, 0.05) is 21.7 Å². The van der Waals surface area contributed by atoms with Crippen LogP contribution in [0.4, 0.5) is 16.5 Å². The second kappa shape index (κ2) is 9.88. The Bertz CT molecular complexity index is 1400. The van der Waals surface area contributed by atoms with Gasteiger partial charge in [-0.2, -0.15) is 0 Å². The number of sulfonamides is 1. The number of benzene rings is 3. The van der Waals surface area contributed by atoms with Crippen molar-refractivity contribution in [1.29, 1.82) is 0 Å². The summed E-state index contributed by atoms with van der Waals surface area (Å²) in [7, 11) is -3.79. The Morgan fingerprint density at radius 2 is 1.61 bits per heavy atom. The Balaban J connectivity index is 1.52. The van der Waals surface area contributed by atoms with Crippen molar-refractivity contribution in [2.75, 3.05) is 15.4 Å². The summed E-state index contributed by atoms with van der Waals surface area (Å²) in [5.41, 5.74) is 3.68. The van der Waals surface area contributed by atoms with Crippen LogP contribution < -0.4 is 15.4 Å². The van der Waals surface area contributed by atoms with Crippen LogP contribution in [0.3, 0.4) is 0 Å². The number of thiazole rings is 1. The van der Waals surface area contributed by atoms with E-state index in [9.17, 15) is 8.42 Å². The van der Waals surface area contributed by atoms with E-state index >= 15 is 0 Å². The van der Waals surface area contributed by atoms with E-state index in [0.717, 1.165) is 11.3 Å². The summed E-state index contributed by atoms with van der Waals surface area (Å²) < 4.78 is 28.3. The van der Waals surface area contributed by atoms with Crippen molar-refractivity contribution < 1.29 is 8.42 Å². The zero-order valence-electron chi connectivity index (χ0n) is 17.4. The minimum atomic E-state index is -3.79. The van der Waals surface area contributed by atoms with Gasteiger partial charge < -0.3 is 10.6 Å². The molecule has 0 bridgehead atoms. The van der Waals surface area contributed by atoms with Crippen LogP contribution in [-0.4, -0.2) is 18.5 Å². The number of aryl methyl sites for hydroxylation is 1. The van der Waals surface area contributed by atoms with Crippen molar-refractivity contribution in [1.82, 2.24) is 4.98 Å². The lowest BCUT2D eigenvalue weighted by molar-refractivity contribution is 0.601. The molecule has 1 heterocycles. The predicted octanol–water partition coefficient (Wildman–Crippen LogP) is 6.38. The highest BCUT2D eigenvalue weighted by Gasteiger charge is 2.18. The molecule has 0 radical (unpaired) electrons. The van der Waals surface area contributed by atoms with Gasteiger partial charge in [0.25, 0.3) is 10.0 Å². The number of halogens is 1. The van der Waals surface area contributed by atoms with Crippen LogP contribution in [0.25, 0.3) is 11.3 Å². The maximum Gasteiger partial charge on any atom is 0.261 e. The van der Waals surface area contributed by atoms with Crippen LogP contribution >= 0.6 is 35.2 Å². The molecule has 10 heteroatoms. The Morgan fingerprint density at radius 1 is 0.939 bits per heavy atom. The summed E-state index contributed by atoms with van der Waals surface area (Å²) in [6, 6.07) is 20.9. The highest BCUT2D eigenvalue weighted by atomic mass is 35.5.